The highest BCUT2D eigenvalue weighted by Gasteiger charge is 2.31. The number of nitrogens with zero attached hydrogens (tertiary/aromatic N) is 2. The van der Waals surface area contributed by atoms with Crippen LogP contribution >= 0.6 is 0 Å². The number of amides is 5. The highest BCUT2D eigenvalue weighted by Crippen LogP contribution is 2.21. The zero-order valence-corrected chi connectivity index (χ0v) is 34.4. The molecule has 19 nitrogen and oxygen atoms in total. The largest absolute Gasteiger partial charge is 0.370 e. The molecule has 0 spiro atoms. The molecule has 0 bridgehead atoms. The number of guanidine groups is 1. The maximum atomic E-state index is 14.1. The normalized spacial score (nSPS) is 13.7. The molecule has 5 amide bonds. The Bertz CT molecular complexity index is 2330. The lowest BCUT2D eigenvalue weighted by atomic mass is 9.99. The molecule has 0 aliphatic carbocycles. The zero-order chi connectivity index (χ0) is 44.1. The highest BCUT2D eigenvalue weighted by molar-refractivity contribution is 5.96. The molecule has 0 aliphatic rings. The summed E-state index contributed by atoms with van der Waals surface area (Å²) >= 11 is 0. The van der Waals surface area contributed by atoms with Crippen molar-refractivity contribution in [3.05, 3.63) is 90.3 Å². The number of para-hydroxylation sites is 2. The van der Waals surface area contributed by atoms with Crippen molar-refractivity contribution < 1.29 is 28.8 Å². The Balaban J connectivity index is 1.31. The molecular weight excluding hydrogens is 783 g/mol. The maximum Gasteiger partial charge on any atom is 0.243 e. The number of hydrogen-bond donors (Lipinski definition) is 11. The summed E-state index contributed by atoms with van der Waals surface area (Å²) in [5, 5.41) is 15.3. The molecule has 3 aromatic heterocycles. The van der Waals surface area contributed by atoms with Gasteiger partial charge in [0.25, 0.3) is 0 Å². The molecule has 0 saturated heterocycles. The summed E-state index contributed by atoms with van der Waals surface area (Å²) in [5.41, 5.74) is 21.0. The third-order valence-corrected chi connectivity index (χ3v) is 10.2. The predicted octanol–water partition coefficient (Wildman–Crippen LogP) is 0.0815. The zero-order valence-electron chi connectivity index (χ0n) is 34.4. The number of fused-ring (bicyclic) bond motifs is 2. The molecule has 0 aliphatic heterocycles. The molecule has 0 radical (unpaired) electrons. The van der Waals surface area contributed by atoms with E-state index in [2.05, 4.69) is 51.5 Å². The molecule has 3 heterocycles. The average molecular weight is 838 g/mol. The first-order chi connectivity index (χ1) is 29.2. The summed E-state index contributed by atoms with van der Waals surface area (Å²) in [6, 6.07) is 9.67. The molecule has 324 valence electrons. The Morgan fingerprint density at radius 3 is 1.85 bits per heavy atom. The van der Waals surface area contributed by atoms with Gasteiger partial charge in [-0.25, -0.2) is 4.98 Å². The number of imidazole rings is 1. The van der Waals surface area contributed by atoms with Crippen LogP contribution in [0.5, 0.6) is 0 Å². The number of hydrogen-bond acceptors (Lipinski definition) is 9. The number of carbonyl (C=O) groups excluding carboxylic acids is 6. The minimum Gasteiger partial charge on any atom is -0.370 e. The molecule has 0 saturated carbocycles. The van der Waals surface area contributed by atoms with Gasteiger partial charge in [0, 0.05) is 71.9 Å². The van der Waals surface area contributed by atoms with Crippen LogP contribution in [-0.2, 0) is 48.0 Å². The van der Waals surface area contributed by atoms with E-state index in [1.165, 1.54) is 13.3 Å². The number of aromatic amines is 3. The number of benzene rings is 2. The van der Waals surface area contributed by atoms with Gasteiger partial charge in [-0.1, -0.05) is 50.2 Å². The van der Waals surface area contributed by atoms with E-state index in [-0.39, 0.29) is 56.3 Å². The van der Waals surface area contributed by atoms with Gasteiger partial charge in [-0.05, 0) is 48.9 Å². The van der Waals surface area contributed by atoms with Crippen LogP contribution < -0.4 is 43.8 Å². The third kappa shape index (κ3) is 12.7. The fraction of sp³-hybridized carbons (Fsp3) is 0.381. The van der Waals surface area contributed by atoms with E-state index in [9.17, 15) is 28.8 Å². The predicted molar refractivity (Wildman–Crippen MR) is 230 cm³/mol. The molecule has 14 N–H and O–H groups in total. The van der Waals surface area contributed by atoms with Crippen LogP contribution in [0, 0.1) is 5.92 Å². The third-order valence-electron chi connectivity index (χ3n) is 10.2. The second-order valence-electron chi connectivity index (χ2n) is 15.3. The van der Waals surface area contributed by atoms with Gasteiger partial charge >= 0.3 is 0 Å². The van der Waals surface area contributed by atoms with Crippen molar-refractivity contribution in [2.45, 2.75) is 83.1 Å². The van der Waals surface area contributed by atoms with Crippen molar-refractivity contribution in [1.29, 1.82) is 0 Å². The number of carbonyl (C=O) groups is 6. The van der Waals surface area contributed by atoms with Crippen LogP contribution in [0.1, 0.15) is 50.4 Å². The van der Waals surface area contributed by atoms with Gasteiger partial charge in [0.15, 0.2) is 11.7 Å². The number of nitrogens with one attached hydrogen (secondary N) is 8. The van der Waals surface area contributed by atoms with Gasteiger partial charge in [0.05, 0.1) is 25.0 Å². The summed E-state index contributed by atoms with van der Waals surface area (Å²) in [4.78, 5) is 98.1. The monoisotopic (exact) mass is 837 g/mol. The van der Waals surface area contributed by atoms with Crippen molar-refractivity contribution in [3.8, 4) is 0 Å². The van der Waals surface area contributed by atoms with Crippen molar-refractivity contribution in [1.82, 2.24) is 46.5 Å². The van der Waals surface area contributed by atoms with E-state index in [0.717, 1.165) is 32.9 Å². The van der Waals surface area contributed by atoms with E-state index in [0.29, 0.717) is 5.69 Å². The molecular formula is C42H55N13O6. The van der Waals surface area contributed by atoms with Crippen molar-refractivity contribution in [2.24, 2.45) is 28.1 Å². The second-order valence-corrected chi connectivity index (χ2v) is 15.3. The number of rotatable bonds is 22. The fourth-order valence-corrected chi connectivity index (χ4v) is 7.04. The minimum atomic E-state index is -1.21. The quantitative estimate of drug-likeness (QED) is 0.0253. The maximum absolute atomic E-state index is 14.1. The van der Waals surface area contributed by atoms with Gasteiger partial charge in [0.1, 0.15) is 18.1 Å². The SMILES string of the molecule is CC(=O)[C@@H](NC(=O)C(Cc1c[nH]c2ccccc12)NC(=O)CNC(=O)[C@H](CCCN=C(N)N)NC(=O)[C@H](Cc1c[nH]c2ccccc12)NC(=O)[C@@H](N)Cc1cnc[nH]1)C(C)C. The Labute approximate surface area is 352 Å². The molecule has 5 rings (SSSR count). The van der Waals surface area contributed by atoms with E-state index in [4.69, 9.17) is 17.2 Å². The summed E-state index contributed by atoms with van der Waals surface area (Å²) in [7, 11) is 0. The molecule has 61 heavy (non-hydrogen) atoms. The molecule has 1 unspecified atom stereocenters. The van der Waals surface area contributed by atoms with Gasteiger partial charge in [0.2, 0.25) is 29.5 Å². The van der Waals surface area contributed by atoms with Gasteiger partial charge in [-0.15, -0.1) is 0 Å². The lowest BCUT2D eigenvalue weighted by molar-refractivity contribution is -0.133. The van der Waals surface area contributed by atoms with Crippen LogP contribution in [0.15, 0.2) is 78.4 Å². The number of aliphatic imine (C=N–C) groups is 1. The summed E-state index contributed by atoms with van der Waals surface area (Å²) in [6.45, 7) is 4.57. The van der Waals surface area contributed by atoms with Crippen molar-refractivity contribution in [3.63, 3.8) is 0 Å². The minimum absolute atomic E-state index is 0.0459. The first-order valence-electron chi connectivity index (χ1n) is 20.1. The molecule has 19 heteroatoms. The van der Waals surface area contributed by atoms with E-state index < -0.39 is 66.3 Å². The summed E-state index contributed by atoms with van der Waals surface area (Å²) in [6.07, 6.45) is 7.08. The standard InChI is InChI=1S/C42H55N13O6/c1-23(2)37(24(3)56)55-41(61)34(15-25-18-48-31-11-6-4-9-28(25)31)52-36(57)21-50-39(59)33(13-8-14-47-42(44)45)53-40(60)35(16-26-19-49-32-12-7-5-10-29(26)32)54-38(58)30(43)17-27-20-46-22-51-27/h4-7,9-12,18-20,22-23,30,33-35,37,48-49H,8,13-17,21,43H2,1-3H3,(H,46,51)(H,50,59)(H,52,57)(H,53,60)(H,54,58)(H,55,61)(H4,44,45,47)/t30-,33-,34?,35-,37-/m0/s1. The Morgan fingerprint density at radius 2 is 1.30 bits per heavy atom. The van der Waals surface area contributed by atoms with Crippen LogP contribution in [0.2, 0.25) is 0 Å². The van der Waals surface area contributed by atoms with Crippen LogP contribution in [0.4, 0.5) is 0 Å². The van der Waals surface area contributed by atoms with Crippen molar-refractivity contribution in [2.75, 3.05) is 13.1 Å². The number of aromatic nitrogens is 4. The lowest BCUT2D eigenvalue weighted by Gasteiger charge is -2.25. The van der Waals surface area contributed by atoms with E-state index in [1.54, 1.807) is 32.4 Å². The molecule has 0 fully saturated rings. The Hall–Kier alpha value is -7.02. The molecule has 5 aromatic rings. The first-order valence-corrected chi connectivity index (χ1v) is 20.1. The van der Waals surface area contributed by atoms with Gasteiger partial charge in [-0.3, -0.25) is 33.8 Å². The highest BCUT2D eigenvalue weighted by atomic mass is 16.2. The lowest BCUT2D eigenvalue weighted by Crippen LogP contribution is -2.57. The second kappa shape index (κ2) is 21.3. The number of H-pyrrole nitrogens is 3. The van der Waals surface area contributed by atoms with Gasteiger partial charge in [-0.2, -0.15) is 0 Å². The fourth-order valence-electron chi connectivity index (χ4n) is 7.04. The molecule has 5 atom stereocenters. The van der Waals surface area contributed by atoms with Crippen LogP contribution in [0.25, 0.3) is 21.8 Å². The average Bonchev–Trinajstić information content (AvgIpc) is 4.00. The van der Waals surface area contributed by atoms with Gasteiger partial charge < -0.3 is 58.7 Å². The number of Topliss-reactive ketones (excluding diaryl/α,β-unsaturated/α-hetero) is 1. The Kier molecular flexibility index (Phi) is 15.7. The van der Waals surface area contributed by atoms with Crippen LogP contribution in [0.3, 0.4) is 0 Å². The van der Waals surface area contributed by atoms with E-state index >= 15 is 0 Å². The summed E-state index contributed by atoms with van der Waals surface area (Å²) in [5.74, 6) is -3.86. The summed E-state index contributed by atoms with van der Waals surface area (Å²) < 4.78 is 0. The first kappa shape index (κ1) is 45.1. The number of nitrogens with two attached hydrogens (primary N) is 3. The van der Waals surface area contributed by atoms with E-state index in [1.807, 2.05) is 48.5 Å². The molecule has 2 aromatic carbocycles. The topological polar surface area (TPSA) is 313 Å². The number of ketones is 1. The smallest absolute Gasteiger partial charge is 0.243 e. The van der Waals surface area contributed by atoms with Crippen LogP contribution in [-0.4, -0.2) is 105 Å². The van der Waals surface area contributed by atoms with Crippen molar-refractivity contribution >= 4 is 63.1 Å². The Morgan fingerprint density at radius 1 is 0.721 bits per heavy atom.